The number of piperidine rings is 1. The van der Waals surface area contributed by atoms with Crippen LogP contribution in [0.4, 0.5) is 0 Å². The summed E-state index contributed by atoms with van der Waals surface area (Å²) in [6, 6.07) is 28.8. The Morgan fingerprint density at radius 1 is 0.727 bits per heavy atom. The maximum atomic E-state index is 10.5. The van der Waals surface area contributed by atoms with Crippen molar-refractivity contribution in [2.75, 3.05) is 26.2 Å². The van der Waals surface area contributed by atoms with Crippen LogP contribution in [0.15, 0.2) is 84.9 Å². The first kappa shape index (κ1) is 21.5. The number of benzene rings is 4. The van der Waals surface area contributed by atoms with Crippen molar-refractivity contribution in [2.24, 2.45) is 0 Å². The number of phenols is 1. The number of aromatic hydroxyl groups is 1. The summed E-state index contributed by atoms with van der Waals surface area (Å²) in [5, 5.41) is 13.0. The summed E-state index contributed by atoms with van der Waals surface area (Å²) in [4.78, 5) is 2.50. The molecule has 0 amide bonds. The minimum absolute atomic E-state index is 0.312. The molecule has 0 radical (unpaired) electrons. The lowest BCUT2D eigenvalue weighted by molar-refractivity contribution is 0.183. The maximum Gasteiger partial charge on any atom is 0.123 e. The molecule has 4 aromatic rings. The molecule has 1 aliphatic rings. The van der Waals surface area contributed by atoms with Crippen molar-refractivity contribution in [1.29, 1.82) is 0 Å². The summed E-state index contributed by atoms with van der Waals surface area (Å²) in [6.07, 6.45) is 4.78. The normalized spacial score (nSPS) is 14.4. The predicted octanol–water partition coefficient (Wildman–Crippen LogP) is 6.67. The van der Waals surface area contributed by atoms with Gasteiger partial charge in [-0.1, -0.05) is 73.2 Å². The number of nitrogens with zero attached hydrogens (tertiary/aromatic N) is 1. The number of likely N-dealkylation sites (tertiary alicyclic amines) is 1. The van der Waals surface area contributed by atoms with E-state index in [9.17, 15) is 5.11 Å². The highest BCUT2D eigenvalue weighted by atomic mass is 16.5. The van der Waals surface area contributed by atoms with Crippen LogP contribution < -0.4 is 4.74 Å². The topological polar surface area (TPSA) is 32.7 Å². The van der Waals surface area contributed by atoms with Crippen LogP contribution in [-0.4, -0.2) is 36.2 Å². The van der Waals surface area contributed by atoms with E-state index in [0.29, 0.717) is 5.75 Å². The number of hydrogen-bond donors (Lipinski definition) is 1. The van der Waals surface area contributed by atoms with Gasteiger partial charge < -0.3 is 9.84 Å². The van der Waals surface area contributed by atoms with E-state index in [2.05, 4.69) is 65.6 Å². The largest absolute Gasteiger partial charge is 0.507 e. The summed E-state index contributed by atoms with van der Waals surface area (Å²) in [5.74, 6) is 1.24. The van der Waals surface area contributed by atoms with Gasteiger partial charge >= 0.3 is 0 Å². The Hall–Kier alpha value is -3.30. The summed E-state index contributed by atoms with van der Waals surface area (Å²) in [6.45, 7) is 4.14. The molecule has 3 nitrogen and oxygen atoms in total. The van der Waals surface area contributed by atoms with Gasteiger partial charge in [-0.25, -0.2) is 0 Å². The molecule has 5 rings (SSSR count). The van der Waals surface area contributed by atoms with Crippen molar-refractivity contribution in [3.05, 3.63) is 96.1 Å². The quantitative estimate of drug-likeness (QED) is 0.351. The standard InChI is InChI=1S/C30H31NO2/c32-30-11-5-4-10-28(30)27-17-14-24-8-2-3-9-26(24)29(27)22-23-12-15-25(16-13-23)33-21-20-31-18-6-1-7-19-31/h2-5,8-17,32H,1,6-7,18-22H2. The minimum atomic E-state index is 0.312. The number of fused-ring (bicyclic) bond motifs is 1. The number of rotatable bonds is 7. The Bertz CT molecular complexity index is 1210. The number of para-hydroxylation sites is 1. The van der Waals surface area contributed by atoms with Crippen LogP contribution in [0.2, 0.25) is 0 Å². The molecule has 0 aliphatic carbocycles. The van der Waals surface area contributed by atoms with Crippen molar-refractivity contribution in [3.63, 3.8) is 0 Å². The fourth-order valence-corrected chi connectivity index (χ4v) is 4.86. The van der Waals surface area contributed by atoms with Crippen molar-refractivity contribution in [2.45, 2.75) is 25.7 Å². The van der Waals surface area contributed by atoms with Crippen LogP contribution in [-0.2, 0) is 6.42 Å². The molecule has 1 N–H and O–H groups in total. The van der Waals surface area contributed by atoms with Crippen molar-refractivity contribution < 1.29 is 9.84 Å². The molecule has 0 unspecified atom stereocenters. The van der Waals surface area contributed by atoms with Crippen molar-refractivity contribution >= 4 is 10.8 Å². The molecule has 0 bridgehead atoms. The van der Waals surface area contributed by atoms with Crippen LogP contribution in [0.1, 0.15) is 30.4 Å². The van der Waals surface area contributed by atoms with Crippen LogP contribution in [0.3, 0.4) is 0 Å². The minimum Gasteiger partial charge on any atom is -0.507 e. The van der Waals surface area contributed by atoms with E-state index >= 15 is 0 Å². The van der Waals surface area contributed by atoms with E-state index in [4.69, 9.17) is 4.74 Å². The van der Waals surface area contributed by atoms with Gasteiger partial charge in [0.15, 0.2) is 0 Å². The van der Waals surface area contributed by atoms with Crippen LogP contribution in [0.25, 0.3) is 21.9 Å². The Kier molecular flexibility index (Phi) is 6.59. The zero-order valence-corrected chi connectivity index (χ0v) is 19.0. The molecule has 168 valence electrons. The number of phenolic OH excluding ortho intramolecular Hbond substituents is 1. The fraction of sp³-hybridized carbons (Fsp3) is 0.267. The fourth-order valence-electron chi connectivity index (χ4n) is 4.86. The first-order valence-corrected chi connectivity index (χ1v) is 12.0. The van der Waals surface area contributed by atoms with Gasteiger partial charge in [-0.3, -0.25) is 4.90 Å². The predicted molar refractivity (Wildman–Crippen MR) is 136 cm³/mol. The average Bonchev–Trinajstić information content (AvgIpc) is 2.86. The van der Waals surface area contributed by atoms with Crippen LogP contribution >= 0.6 is 0 Å². The first-order valence-electron chi connectivity index (χ1n) is 12.0. The third-order valence-corrected chi connectivity index (χ3v) is 6.66. The second-order valence-electron chi connectivity index (χ2n) is 8.90. The summed E-state index contributed by atoms with van der Waals surface area (Å²) in [5.41, 5.74) is 4.41. The third kappa shape index (κ3) is 5.04. The molecule has 1 heterocycles. The second-order valence-corrected chi connectivity index (χ2v) is 8.90. The average molecular weight is 438 g/mol. The van der Waals surface area contributed by atoms with Crippen LogP contribution in [0.5, 0.6) is 11.5 Å². The molecule has 0 atom stereocenters. The molecule has 0 spiro atoms. The van der Waals surface area contributed by atoms with Gasteiger partial charge in [-0.2, -0.15) is 0 Å². The highest BCUT2D eigenvalue weighted by Gasteiger charge is 2.13. The summed E-state index contributed by atoms with van der Waals surface area (Å²) < 4.78 is 6.02. The van der Waals surface area contributed by atoms with Gasteiger partial charge in [-0.05, 0) is 78.0 Å². The highest BCUT2D eigenvalue weighted by Crippen LogP contribution is 2.36. The molecule has 0 aromatic heterocycles. The van der Waals surface area contributed by atoms with E-state index in [1.807, 2.05) is 18.2 Å². The smallest absolute Gasteiger partial charge is 0.123 e. The molecular weight excluding hydrogens is 406 g/mol. The van der Waals surface area contributed by atoms with E-state index in [0.717, 1.165) is 36.4 Å². The summed E-state index contributed by atoms with van der Waals surface area (Å²) >= 11 is 0. The molecule has 1 fully saturated rings. The maximum absolute atomic E-state index is 10.5. The molecule has 4 aromatic carbocycles. The monoisotopic (exact) mass is 437 g/mol. The van der Waals surface area contributed by atoms with E-state index < -0.39 is 0 Å². The van der Waals surface area contributed by atoms with Crippen molar-refractivity contribution in [3.8, 4) is 22.6 Å². The highest BCUT2D eigenvalue weighted by molar-refractivity contribution is 5.93. The zero-order valence-electron chi connectivity index (χ0n) is 19.0. The van der Waals surface area contributed by atoms with Crippen molar-refractivity contribution in [1.82, 2.24) is 4.90 Å². The van der Waals surface area contributed by atoms with E-state index in [1.165, 1.54) is 54.3 Å². The summed E-state index contributed by atoms with van der Waals surface area (Å²) in [7, 11) is 0. The zero-order chi connectivity index (χ0) is 22.5. The molecule has 0 saturated carbocycles. The van der Waals surface area contributed by atoms with Gasteiger partial charge in [0.2, 0.25) is 0 Å². The molecule has 33 heavy (non-hydrogen) atoms. The lowest BCUT2D eigenvalue weighted by Gasteiger charge is -2.26. The lowest BCUT2D eigenvalue weighted by Crippen LogP contribution is -2.33. The van der Waals surface area contributed by atoms with Gasteiger partial charge in [-0.15, -0.1) is 0 Å². The van der Waals surface area contributed by atoms with Gasteiger partial charge in [0.25, 0.3) is 0 Å². The lowest BCUT2D eigenvalue weighted by atomic mass is 9.90. The van der Waals surface area contributed by atoms with Gasteiger partial charge in [0.05, 0.1) is 0 Å². The SMILES string of the molecule is Oc1ccccc1-c1ccc2ccccc2c1Cc1ccc(OCCN2CCCCC2)cc1. The Morgan fingerprint density at radius 3 is 2.30 bits per heavy atom. The molecular formula is C30H31NO2. The number of ether oxygens (including phenoxy) is 1. The third-order valence-electron chi connectivity index (χ3n) is 6.66. The second kappa shape index (κ2) is 10.1. The van der Waals surface area contributed by atoms with Crippen LogP contribution in [0, 0.1) is 0 Å². The molecule has 1 aliphatic heterocycles. The van der Waals surface area contributed by atoms with Gasteiger partial charge in [0.1, 0.15) is 18.1 Å². The molecule has 3 heteroatoms. The Balaban J connectivity index is 1.36. The van der Waals surface area contributed by atoms with E-state index in [-0.39, 0.29) is 0 Å². The Labute approximate surface area is 196 Å². The number of hydrogen-bond acceptors (Lipinski definition) is 3. The first-order chi connectivity index (χ1) is 16.3. The Morgan fingerprint density at radius 2 is 1.48 bits per heavy atom. The molecule has 1 saturated heterocycles. The van der Waals surface area contributed by atoms with Gasteiger partial charge in [0, 0.05) is 12.1 Å². The van der Waals surface area contributed by atoms with E-state index in [1.54, 1.807) is 6.07 Å².